The van der Waals surface area contributed by atoms with Gasteiger partial charge in [0.15, 0.2) is 0 Å². The van der Waals surface area contributed by atoms with Crippen LogP contribution in [0.3, 0.4) is 0 Å². The Balaban J connectivity index is 1.85. The molecule has 0 bridgehead atoms. The van der Waals surface area contributed by atoms with Crippen molar-refractivity contribution in [2.45, 2.75) is 13.5 Å². The van der Waals surface area contributed by atoms with Gasteiger partial charge in [0.2, 0.25) is 11.3 Å². The van der Waals surface area contributed by atoms with E-state index in [4.69, 9.17) is 14.0 Å². The maximum absolute atomic E-state index is 13.0. The molecule has 142 valence electrons. The molecule has 7 heteroatoms. The molecule has 2 aromatic carbocycles. The van der Waals surface area contributed by atoms with E-state index in [-0.39, 0.29) is 11.3 Å². The smallest absolute Gasteiger partial charge is 0.263 e. The zero-order valence-electron chi connectivity index (χ0n) is 15.8. The third-order valence-electron chi connectivity index (χ3n) is 4.63. The quantitative estimate of drug-likeness (QED) is 0.527. The van der Waals surface area contributed by atoms with Gasteiger partial charge in [0.05, 0.1) is 25.3 Å². The molecule has 0 fully saturated rings. The van der Waals surface area contributed by atoms with Crippen LogP contribution in [0.4, 0.5) is 0 Å². The zero-order chi connectivity index (χ0) is 19.7. The van der Waals surface area contributed by atoms with Crippen molar-refractivity contribution >= 4 is 10.9 Å². The van der Waals surface area contributed by atoms with E-state index in [0.29, 0.717) is 40.4 Å². The summed E-state index contributed by atoms with van der Waals surface area (Å²) in [6.45, 7) is 2.73. The van der Waals surface area contributed by atoms with E-state index in [1.54, 1.807) is 44.7 Å². The molecule has 4 aromatic rings. The molecule has 0 saturated carbocycles. The highest BCUT2D eigenvalue weighted by atomic mass is 16.5. The lowest BCUT2D eigenvalue weighted by molar-refractivity contribution is 0.394. The van der Waals surface area contributed by atoms with E-state index in [1.165, 1.54) is 0 Å². The van der Waals surface area contributed by atoms with E-state index in [9.17, 15) is 4.79 Å². The minimum Gasteiger partial charge on any atom is -0.497 e. The number of aromatic nitrogens is 3. The third kappa shape index (κ3) is 2.90. The van der Waals surface area contributed by atoms with Crippen molar-refractivity contribution in [1.29, 1.82) is 0 Å². The molecule has 0 radical (unpaired) electrons. The van der Waals surface area contributed by atoms with Crippen LogP contribution >= 0.6 is 0 Å². The van der Waals surface area contributed by atoms with Gasteiger partial charge in [0.1, 0.15) is 17.1 Å². The van der Waals surface area contributed by atoms with Crippen LogP contribution in [0.25, 0.3) is 33.7 Å². The molecule has 2 aromatic heterocycles. The van der Waals surface area contributed by atoms with E-state index in [0.717, 1.165) is 5.52 Å². The van der Waals surface area contributed by atoms with Crippen molar-refractivity contribution in [2.75, 3.05) is 14.2 Å². The molecule has 0 aliphatic heterocycles. The molecule has 0 saturated heterocycles. The van der Waals surface area contributed by atoms with Gasteiger partial charge in [-0.3, -0.25) is 4.79 Å². The molecule has 7 nitrogen and oxygen atoms in total. The van der Waals surface area contributed by atoms with Crippen LogP contribution in [0.1, 0.15) is 6.92 Å². The average Bonchev–Trinajstić information content (AvgIpc) is 3.23. The van der Waals surface area contributed by atoms with Gasteiger partial charge in [-0.15, -0.1) is 0 Å². The van der Waals surface area contributed by atoms with Crippen molar-refractivity contribution < 1.29 is 14.0 Å². The molecule has 4 rings (SSSR count). The van der Waals surface area contributed by atoms with Gasteiger partial charge in [-0.25, -0.2) is 0 Å². The Bertz CT molecular complexity index is 1210. The van der Waals surface area contributed by atoms with Crippen LogP contribution in [0.15, 0.2) is 58.0 Å². The SMILES string of the molecule is CCn1cc(-c2nc(-c3ccc(OC)cc3OC)no2)c(=O)c2ccccc21. The standard InChI is InChI=1S/C21H19N3O4/c1-4-24-12-16(19(25)14-7-5-6-8-17(14)24)21-22-20(23-28-21)15-10-9-13(26-2)11-18(15)27-3/h5-12H,4H2,1-3H3. The Morgan fingerprint density at radius 2 is 1.89 bits per heavy atom. The van der Waals surface area contributed by atoms with E-state index in [2.05, 4.69) is 10.1 Å². The topological polar surface area (TPSA) is 79.4 Å². The number of aryl methyl sites for hydroxylation is 1. The molecule has 0 atom stereocenters. The lowest BCUT2D eigenvalue weighted by Gasteiger charge is -2.09. The van der Waals surface area contributed by atoms with Crippen LogP contribution < -0.4 is 14.9 Å². The van der Waals surface area contributed by atoms with Crippen molar-refractivity contribution in [3.05, 3.63) is 58.9 Å². The second-order valence-electron chi connectivity index (χ2n) is 6.16. The summed E-state index contributed by atoms with van der Waals surface area (Å²) < 4.78 is 18.0. The summed E-state index contributed by atoms with van der Waals surface area (Å²) in [7, 11) is 3.14. The Morgan fingerprint density at radius 3 is 2.64 bits per heavy atom. The van der Waals surface area contributed by atoms with Crippen LogP contribution in [0.5, 0.6) is 11.5 Å². The first kappa shape index (κ1) is 17.8. The van der Waals surface area contributed by atoms with E-state index < -0.39 is 0 Å². The highest BCUT2D eigenvalue weighted by Crippen LogP contribution is 2.32. The molecular formula is C21H19N3O4. The summed E-state index contributed by atoms with van der Waals surface area (Å²) in [5.74, 6) is 1.72. The monoisotopic (exact) mass is 377 g/mol. The van der Waals surface area contributed by atoms with Gasteiger partial charge in [0.25, 0.3) is 5.89 Å². The van der Waals surface area contributed by atoms with Crippen LogP contribution in [0.2, 0.25) is 0 Å². The van der Waals surface area contributed by atoms with Crippen LogP contribution in [0, 0.1) is 0 Å². The van der Waals surface area contributed by atoms with E-state index >= 15 is 0 Å². The van der Waals surface area contributed by atoms with E-state index in [1.807, 2.05) is 29.7 Å². The molecule has 2 heterocycles. The predicted octanol–water partition coefficient (Wildman–Crippen LogP) is 3.76. The fourth-order valence-corrected chi connectivity index (χ4v) is 3.18. The number of methoxy groups -OCH3 is 2. The van der Waals surface area contributed by atoms with Crippen molar-refractivity contribution in [3.8, 4) is 34.3 Å². The number of pyridine rings is 1. The Morgan fingerprint density at radius 1 is 1.07 bits per heavy atom. The minimum atomic E-state index is -0.141. The van der Waals surface area contributed by atoms with Gasteiger partial charge in [-0.1, -0.05) is 17.3 Å². The highest BCUT2D eigenvalue weighted by Gasteiger charge is 2.19. The minimum absolute atomic E-state index is 0.141. The second kappa shape index (κ2) is 7.19. The van der Waals surface area contributed by atoms with Gasteiger partial charge < -0.3 is 18.6 Å². The summed E-state index contributed by atoms with van der Waals surface area (Å²) in [4.78, 5) is 17.4. The van der Waals surface area contributed by atoms with Gasteiger partial charge in [-0.05, 0) is 31.2 Å². The Labute approximate surface area is 161 Å². The molecule has 0 amide bonds. The third-order valence-corrected chi connectivity index (χ3v) is 4.63. The average molecular weight is 377 g/mol. The number of ether oxygens (including phenoxy) is 2. The number of para-hydroxylation sites is 1. The summed E-state index contributed by atoms with van der Waals surface area (Å²) in [6, 6.07) is 12.8. The first-order valence-electron chi connectivity index (χ1n) is 8.85. The highest BCUT2D eigenvalue weighted by molar-refractivity contribution is 5.83. The Hall–Kier alpha value is -3.61. The lowest BCUT2D eigenvalue weighted by Crippen LogP contribution is -2.11. The van der Waals surface area contributed by atoms with Gasteiger partial charge >= 0.3 is 0 Å². The Kier molecular flexibility index (Phi) is 4.57. The van der Waals surface area contributed by atoms with Gasteiger partial charge in [0, 0.05) is 24.2 Å². The molecule has 28 heavy (non-hydrogen) atoms. The van der Waals surface area contributed by atoms with Gasteiger partial charge in [-0.2, -0.15) is 4.98 Å². The number of benzene rings is 2. The fraction of sp³-hybridized carbons (Fsp3) is 0.190. The number of hydrogen-bond acceptors (Lipinski definition) is 6. The summed E-state index contributed by atoms with van der Waals surface area (Å²) in [6.07, 6.45) is 1.76. The van der Waals surface area contributed by atoms with Crippen molar-refractivity contribution in [2.24, 2.45) is 0 Å². The van der Waals surface area contributed by atoms with Crippen LogP contribution in [-0.4, -0.2) is 28.9 Å². The summed E-state index contributed by atoms with van der Waals surface area (Å²) >= 11 is 0. The molecule has 0 unspecified atom stereocenters. The first-order chi connectivity index (χ1) is 13.7. The fourth-order valence-electron chi connectivity index (χ4n) is 3.18. The largest absolute Gasteiger partial charge is 0.497 e. The van der Waals surface area contributed by atoms with Crippen LogP contribution in [-0.2, 0) is 6.54 Å². The first-order valence-corrected chi connectivity index (χ1v) is 8.85. The molecule has 0 spiro atoms. The van der Waals surface area contributed by atoms with Crippen molar-refractivity contribution in [3.63, 3.8) is 0 Å². The normalized spacial score (nSPS) is 11.0. The molecule has 0 N–H and O–H groups in total. The molecule has 0 aliphatic carbocycles. The second-order valence-corrected chi connectivity index (χ2v) is 6.16. The maximum atomic E-state index is 13.0. The number of rotatable bonds is 5. The maximum Gasteiger partial charge on any atom is 0.263 e. The number of nitrogens with zero attached hydrogens (tertiary/aromatic N) is 3. The molecular weight excluding hydrogens is 358 g/mol. The van der Waals surface area contributed by atoms with Crippen molar-refractivity contribution in [1.82, 2.24) is 14.7 Å². The number of fused-ring (bicyclic) bond motifs is 1. The summed E-state index contributed by atoms with van der Waals surface area (Å²) in [5, 5.41) is 4.66. The number of hydrogen-bond donors (Lipinski definition) is 0. The zero-order valence-corrected chi connectivity index (χ0v) is 15.8. The predicted molar refractivity (Wildman–Crippen MR) is 106 cm³/mol. The lowest BCUT2D eigenvalue weighted by atomic mass is 10.1. The molecule has 0 aliphatic rings. The summed E-state index contributed by atoms with van der Waals surface area (Å²) in [5.41, 5.74) is 1.74.